The summed E-state index contributed by atoms with van der Waals surface area (Å²) in [6.07, 6.45) is 36.0. The van der Waals surface area contributed by atoms with Crippen LogP contribution in [0.5, 0.6) is 0 Å². The van der Waals surface area contributed by atoms with Crippen LogP contribution in [0.15, 0.2) is 121 Å². The molecule has 0 aromatic heterocycles. The maximum absolute atomic E-state index is 2.48. The topological polar surface area (TPSA) is 0 Å². The van der Waals surface area contributed by atoms with Crippen molar-refractivity contribution in [2.45, 2.75) is 155 Å². The van der Waals surface area contributed by atoms with Gasteiger partial charge in [0.2, 0.25) is 0 Å². The molecule has 54 heavy (non-hydrogen) atoms. The number of benzene rings is 4. The second kappa shape index (κ2) is 27.4. The van der Waals surface area contributed by atoms with Crippen molar-refractivity contribution in [1.82, 2.24) is 0 Å². The van der Waals surface area contributed by atoms with Crippen LogP contribution < -0.4 is 21.2 Å². The SMILES string of the molecule is CCCCCCCCCCCC[P+](CCCC[P+](CCCCCCCCCCCC)(c1ccccc1)c1ccccc1)(c1ccccc1)c1ccccc1. The Bertz CT molecular complexity index is 1240. The van der Waals surface area contributed by atoms with Gasteiger partial charge >= 0.3 is 0 Å². The highest BCUT2D eigenvalue weighted by Gasteiger charge is 2.44. The third-order valence-electron chi connectivity index (χ3n) is 12.1. The predicted octanol–water partition coefficient (Wildman–Crippen LogP) is 14.9. The van der Waals surface area contributed by atoms with Crippen LogP contribution in [0.4, 0.5) is 0 Å². The molecule has 0 atom stereocenters. The van der Waals surface area contributed by atoms with Crippen LogP contribution in [0.25, 0.3) is 0 Å². The molecule has 0 saturated carbocycles. The van der Waals surface area contributed by atoms with Gasteiger partial charge in [0.1, 0.15) is 0 Å². The summed E-state index contributed by atoms with van der Waals surface area (Å²) in [6.45, 7) is 4.63. The summed E-state index contributed by atoms with van der Waals surface area (Å²) < 4.78 is 0. The Kier molecular flexibility index (Phi) is 22.5. The van der Waals surface area contributed by atoms with Gasteiger partial charge in [-0.25, -0.2) is 0 Å². The summed E-state index contributed by atoms with van der Waals surface area (Å²) in [7, 11) is -3.07. The molecular formula is C52H78P2+2. The molecule has 2 heteroatoms. The molecule has 4 aromatic carbocycles. The molecule has 0 amide bonds. The molecule has 0 nitrogen and oxygen atoms in total. The van der Waals surface area contributed by atoms with Gasteiger partial charge in [-0.15, -0.1) is 0 Å². The number of unbranched alkanes of at least 4 members (excludes halogenated alkanes) is 19. The Balaban J connectivity index is 1.46. The second-order valence-corrected chi connectivity index (χ2v) is 24.0. The Morgan fingerprint density at radius 3 is 0.648 bits per heavy atom. The lowest BCUT2D eigenvalue weighted by molar-refractivity contribution is 0.562. The van der Waals surface area contributed by atoms with Gasteiger partial charge in [0.25, 0.3) is 0 Å². The molecule has 0 unspecified atom stereocenters. The molecule has 4 aromatic rings. The highest BCUT2D eigenvalue weighted by atomic mass is 31.2. The van der Waals surface area contributed by atoms with E-state index in [9.17, 15) is 0 Å². The van der Waals surface area contributed by atoms with E-state index in [4.69, 9.17) is 0 Å². The summed E-state index contributed by atoms with van der Waals surface area (Å²) in [5.41, 5.74) is 0. The lowest BCUT2D eigenvalue weighted by atomic mass is 10.1. The minimum absolute atomic E-state index is 1.31. The standard InChI is InChI=1S/C52H78P2/c1-3-5-7-9-11-13-15-17-19-33-45-53(49-37-25-21-26-38-49,50-39-27-22-28-40-50)47-35-36-48-54(51-41-29-23-30-42-51,52-43-31-24-32-44-52)46-34-20-18-16-14-12-10-8-6-4-2/h21-32,37-44H,3-20,33-36,45-48H2,1-2H3/q+2. The van der Waals surface area contributed by atoms with E-state index < -0.39 is 14.5 Å². The van der Waals surface area contributed by atoms with Crippen LogP contribution in [0.1, 0.15) is 155 Å². The molecule has 0 aliphatic carbocycles. The smallest absolute Gasteiger partial charge is 0.0654 e. The van der Waals surface area contributed by atoms with Crippen molar-refractivity contribution in [3.63, 3.8) is 0 Å². The fourth-order valence-electron chi connectivity index (χ4n) is 8.91. The van der Waals surface area contributed by atoms with Crippen molar-refractivity contribution in [2.75, 3.05) is 24.6 Å². The van der Waals surface area contributed by atoms with Gasteiger partial charge in [-0.05, 0) is 87.1 Å². The molecular weight excluding hydrogens is 687 g/mol. The zero-order valence-electron chi connectivity index (χ0n) is 34.8. The maximum Gasteiger partial charge on any atom is 0.0991 e. The maximum atomic E-state index is 2.48. The average Bonchev–Trinajstić information content (AvgIpc) is 3.23. The first-order valence-electron chi connectivity index (χ1n) is 22.7. The molecule has 0 spiro atoms. The summed E-state index contributed by atoms with van der Waals surface area (Å²) in [6, 6.07) is 47.1. The van der Waals surface area contributed by atoms with Crippen LogP contribution in [-0.2, 0) is 0 Å². The highest BCUT2D eigenvalue weighted by molar-refractivity contribution is 7.90. The minimum atomic E-state index is -1.53. The first-order valence-corrected chi connectivity index (χ1v) is 27.0. The van der Waals surface area contributed by atoms with E-state index in [-0.39, 0.29) is 0 Å². The average molecular weight is 765 g/mol. The Morgan fingerprint density at radius 1 is 0.241 bits per heavy atom. The lowest BCUT2D eigenvalue weighted by Crippen LogP contribution is -2.29. The van der Waals surface area contributed by atoms with Gasteiger partial charge in [0, 0.05) is 0 Å². The second-order valence-electron chi connectivity index (χ2n) is 16.2. The van der Waals surface area contributed by atoms with Crippen LogP contribution in [0.2, 0.25) is 0 Å². The predicted molar refractivity (Wildman–Crippen MR) is 251 cm³/mol. The van der Waals surface area contributed by atoms with E-state index in [2.05, 4.69) is 135 Å². The molecule has 0 N–H and O–H groups in total. The highest BCUT2D eigenvalue weighted by Crippen LogP contribution is 2.60. The molecule has 4 rings (SSSR count). The quantitative estimate of drug-likeness (QED) is 0.0354. The normalized spacial score (nSPS) is 12.0. The van der Waals surface area contributed by atoms with E-state index in [1.54, 1.807) is 21.2 Å². The molecule has 0 aliphatic heterocycles. The summed E-state index contributed by atoms with van der Waals surface area (Å²) in [5.74, 6) is 0. The van der Waals surface area contributed by atoms with E-state index in [0.717, 1.165) is 0 Å². The summed E-state index contributed by atoms with van der Waals surface area (Å²) >= 11 is 0. The molecule has 294 valence electrons. The van der Waals surface area contributed by atoms with Crippen LogP contribution >= 0.6 is 14.5 Å². The Morgan fingerprint density at radius 2 is 0.426 bits per heavy atom. The van der Waals surface area contributed by atoms with Gasteiger partial charge in [0.15, 0.2) is 0 Å². The lowest BCUT2D eigenvalue weighted by Gasteiger charge is -2.30. The molecule has 0 fully saturated rings. The van der Waals surface area contributed by atoms with E-state index in [1.165, 1.54) is 166 Å². The fourth-order valence-corrected chi connectivity index (χ4v) is 18.0. The van der Waals surface area contributed by atoms with E-state index in [1.807, 2.05) is 0 Å². The molecule has 0 radical (unpaired) electrons. The largest absolute Gasteiger partial charge is 0.0991 e. The Hall–Kier alpha value is -2.26. The van der Waals surface area contributed by atoms with Crippen LogP contribution in [0, 0.1) is 0 Å². The van der Waals surface area contributed by atoms with Crippen LogP contribution in [0.3, 0.4) is 0 Å². The summed E-state index contributed by atoms with van der Waals surface area (Å²) in [5, 5.41) is 6.52. The fraction of sp³-hybridized carbons (Fsp3) is 0.538. The van der Waals surface area contributed by atoms with Crippen molar-refractivity contribution in [2.24, 2.45) is 0 Å². The van der Waals surface area contributed by atoms with Gasteiger partial charge in [-0.1, -0.05) is 189 Å². The van der Waals surface area contributed by atoms with Gasteiger partial charge in [-0.3, -0.25) is 0 Å². The zero-order chi connectivity index (χ0) is 37.8. The van der Waals surface area contributed by atoms with Gasteiger partial charge in [0.05, 0.1) is 60.4 Å². The van der Waals surface area contributed by atoms with Crippen LogP contribution in [-0.4, -0.2) is 24.6 Å². The first-order chi connectivity index (χ1) is 26.7. The number of hydrogen-bond acceptors (Lipinski definition) is 0. The third kappa shape index (κ3) is 15.0. The molecule has 0 bridgehead atoms. The summed E-state index contributed by atoms with van der Waals surface area (Å²) in [4.78, 5) is 0. The van der Waals surface area contributed by atoms with Crippen molar-refractivity contribution >= 4 is 35.7 Å². The third-order valence-corrected chi connectivity index (χ3v) is 21.6. The Labute approximate surface area is 335 Å². The van der Waals surface area contributed by atoms with E-state index >= 15 is 0 Å². The minimum Gasteiger partial charge on any atom is -0.0654 e. The number of rotatable bonds is 31. The van der Waals surface area contributed by atoms with Crippen molar-refractivity contribution in [3.05, 3.63) is 121 Å². The monoisotopic (exact) mass is 765 g/mol. The molecule has 0 aliphatic rings. The molecule has 0 heterocycles. The van der Waals surface area contributed by atoms with Crippen molar-refractivity contribution < 1.29 is 0 Å². The van der Waals surface area contributed by atoms with Gasteiger partial charge in [-0.2, -0.15) is 0 Å². The molecule has 0 saturated heterocycles. The number of hydrogen-bond donors (Lipinski definition) is 0. The van der Waals surface area contributed by atoms with Gasteiger partial charge < -0.3 is 0 Å². The van der Waals surface area contributed by atoms with Crippen molar-refractivity contribution in [3.8, 4) is 0 Å². The van der Waals surface area contributed by atoms with E-state index in [0.29, 0.717) is 0 Å². The van der Waals surface area contributed by atoms with Crippen molar-refractivity contribution in [1.29, 1.82) is 0 Å². The first kappa shape index (κ1) is 44.5. The zero-order valence-corrected chi connectivity index (χ0v) is 36.6.